The lowest BCUT2D eigenvalue weighted by atomic mass is 10.1. The number of ether oxygens (including phenoxy) is 3. The van der Waals surface area contributed by atoms with Gasteiger partial charge in [-0.25, -0.2) is 0 Å². The van der Waals surface area contributed by atoms with Crippen molar-refractivity contribution < 1.29 is 14.2 Å². The highest BCUT2D eigenvalue weighted by Crippen LogP contribution is 2.39. The Labute approximate surface area is 145 Å². The van der Waals surface area contributed by atoms with Crippen LogP contribution in [0.1, 0.15) is 24.1 Å². The van der Waals surface area contributed by atoms with E-state index in [9.17, 15) is 0 Å². The maximum absolute atomic E-state index is 5.51. The van der Waals surface area contributed by atoms with Crippen LogP contribution < -0.4 is 19.5 Å². The molecule has 0 amide bonds. The van der Waals surface area contributed by atoms with Gasteiger partial charge in [0.25, 0.3) is 0 Å². The van der Waals surface area contributed by atoms with Crippen molar-refractivity contribution in [3.8, 4) is 17.2 Å². The van der Waals surface area contributed by atoms with Gasteiger partial charge in [-0.1, -0.05) is 34.1 Å². The SMILES string of the molecule is COc1ccc(CNC(C)c2cccc(Br)c2)c(OC)c1OC. The smallest absolute Gasteiger partial charge is 0.203 e. The maximum Gasteiger partial charge on any atom is 0.203 e. The molecule has 4 nitrogen and oxygen atoms in total. The van der Waals surface area contributed by atoms with Gasteiger partial charge in [0.05, 0.1) is 21.3 Å². The Morgan fingerprint density at radius 2 is 1.74 bits per heavy atom. The van der Waals surface area contributed by atoms with E-state index in [2.05, 4.69) is 40.3 Å². The minimum atomic E-state index is 0.213. The highest BCUT2D eigenvalue weighted by Gasteiger charge is 2.16. The molecule has 1 atom stereocenters. The Kier molecular flexibility index (Phi) is 6.30. The van der Waals surface area contributed by atoms with Crippen molar-refractivity contribution in [1.29, 1.82) is 0 Å². The third kappa shape index (κ3) is 4.18. The van der Waals surface area contributed by atoms with Gasteiger partial charge in [-0.05, 0) is 30.7 Å². The van der Waals surface area contributed by atoms with E-state index < -0.39 is 0 Å². The summed E-state index contributed by atoms with van der Waals surface area (Å²) < 4.78 is 17.3. The number of rotatable bonds is 7. The molecule has 0 saturated carbocycles. The van der Waals surface area contributed by atoms with Gasteiger partial charge in [-0.15, -0.1) is 0 Å². The van der Waals surface area contributed by atoms with Crippen LogP contribution in [0.25, 0.3) is 0 Å². The lowest BCUT2D eigenvalue weighted by Crippen LogP contribution is -2.18. The van der Waals surface area contributed by atoms with Gasteiger partial charge in [-0.2, -0.15) is 0 Å². The molecule has 0 fully saturated rings. The Morgan fingerprint density at radius 1 is 1.00 bits per heavy atom. The zero-order valence-electron chi connectivity index (χ0n) is 13.9. The van der Waals surface area contributed by atoms with Gasteiger partial charge in [-0.3, -0.25) is 0 Å². The standard InChI is InChI=1S/C18H22BrNO3/c1-12(13-6-5-7-15(19)10-13)20-11-14-8-9-16(21-2)18(23-4)17(14)22-3/h5-10,12,20H,11H2,1-4H3. The molecule has 0 aromatic heterocycles. The molecular formula is C18H22BrNO3. The first kappa shape index (κ1) is 17.6. The number of nitrogens with one attached hydrogen (secondary N) is 1. The number of methoxy groups -OCH3 is 3. The van der Waals surface area contributed by atoms with E-state index in [1.807, 2.05) is 24.3 Å². The van der Waals surface area contributed by atoms with E-state index >= 15 is 0 Å². The highest BCUT2D eigenvalue weighted by atomic mass is 79.9. The first-order valence-electron chi connectivity index (χ1n) is 7.37. The molecule has 0 aliphatic carbocycles. The van der Waals surface area contributed by atoms with Crippen LogP contribution in [0, 0.1) is 0 Å². The monoisotopic (exact) mass is 379 g/mol. The quantitative estimate of drug-likeness (QED) is 0.777. The van der Waals surface area contributed by atoms with Crippen molar-refractivity contribution in [2.75, 3.05) is 21.3 Å². The zero-order valence-corrected chi connectivity index (χ0v) is 15.4. The van der Waals surface area contributed by atoms with E-state index in [1.165, 1.54) is 5.56 Å². The fourth-order valence-corrected chi connectivity index (χ4v) is 2.88. The van der Waals surface area contributed by atoms with Crippen LogP contribution in [0.5, 0.6) is 17.2 Å². The van der Waals surface area contributed by atoms with E-state index in [-0.39, 0.29) is 6.04 Å². The molecule has 2 aromatic rings. The molecule has 0 bridgehead atoms. The molecule has 124 valence electrons. The lowest BCUT2D eigenvalue weighted by molar-refractivity contribution is 0.321. The van der Waals surface area contributed by atoms with Crippen molar-refractivity contribution in [3.63, 3.8) is 0 Å². The Balaban J connectivity index is 2.17. The van der Waals surface area contributed by atoms with Crippen LogP contribution in [0.4, 0.5) is 0 Å². The second-order valence-electron chi connectivity index (χ2n) is 5.15. The summed E-state index contributed by atoms with van der Waals surface area (Å²) in [5, 5.41) is 3.51. The van der Waals surface area contributed by atoms with Gasteiger partial charge in [0, 0.05) is 22.6 Å². The fraction of sp³-hybridized carbons (Fsp3) is 0.333. The number of benzene rings is 2. The number of hydrogen-bond acceptors (Lipinski definition) is 4. The first-order chi connectivity index (χ1) is 11.1. The Morgan fingerprint density at radius 3 is 2.35 bits per heavy atom. The average molecular weight is 380 g/mol. The highest BCUT2D eigenvalue weighted by molar-refractivity contribution is 9.10. The Hall–Kier alpha value is -1.72. The zero-order chi connectivity index (χ0) is 16.8. The van der Waals surface area contributed by atoms with Crippen LogP contribution in [0.15, 0.2) is 40.9 Å². The summed E-state index contributed by atoms with van der Waals surface area (Å²) in [5.41, 5.74) is 2.24. The third-order valence-electron chi connectivity index (χ3n) is 3.73. The normalized spacial score (nSPS) is 11.9. The molecule has 0 aliphatic rings. The van der Waals surface area contributed by atoms with Gasteiger partial charge in [0.2, 0.25) is 5.75 Å². The fourth-order valence-electron chi connectivity index (χ4n) is 2.46. The summed E-state index contributed by atoms with van der Waals surface area (Å²) in [5.74, 6) is 1.97. The molecular weight excluding hydrogens is 358 g/mol. The molecule has 0 saturated heterocycles. The molecule has 2 rings (SSSR count). The van der Waals surface area contributed by atoms with E-state index in [1.54, 1.807) is 21.3 Å². The summed E-state index contributed by atoms with van der Waals surface area (Å²) in [6.45, 7) is 2.80. The van der Waals surface area contributed by atoms with Crippen LogP contribution in [-0.2, 0) is 6.54 Å². The summed E-state index contributed by atoms with van der Waals surface area (Å²) in [4.78, 5) is 0. The van der Waals surface area contributed by atoms with Crippen molar-refractivity contribution in [3.05, 3.63) is 52.0 Å². The predicted octanol–water partition coefficient (Wildman–Crippen LogP) is 4.33. The molecule has 5 heteroatoms. The second-order valence-corrected chi connectivity index (χ2v) is 6.07. The summed E-state index contributed by atoms with van der Waals surface area (Å²) in [6.07, 6.45) is 0. The summed E-state index contributed by atoms with van der Waals surface area (Å²) >= 11 is 3.51. The first-order valence-corrected chi connectivity index (χ1v) is 8.16. The minimum Gasteiger partial charge on any atom is -0.493 e. The largest absolute Gasteiger partial charge is 0.493 e. The van der Waals surface area contributed by atoms with E-state index in [0.29, 0.717) is 23.8 Å². The number of hydrogen-bond donors (Lipinski definition) is 1. The molecule has 23 heavy (non-hydrogen) atoms. The van der Waals surface area contributed by atoms with E-state index in [4.69, 9.17) is 14.2 Å². The van der Waals surface area contributed by atoms with Crippen LogP contribution in [0.3, 0.4) is 0 Å². The van der Waals surface area contributed by atoms with Crippen molar-refractivity contribution in [2.24, 2.45) is 0 Å². The molecule has 2 aromatic carbocycles. The van der Waals surface area contributed by atoms with Gasteiger partial charge < -0.3 is 19.5 Å². The molecule has 0 spiro atoms. The van der Waals surface area contributed by atoms with Gasteiger partial charge in [0.15, 0.2) is 11.5 Å². The lowest BCUT2D eigenvalue weighted by Gasteiger charge is -2.18. The summed E-state index contributed by atoms with van der Waals surface area (Å²) in [6, 6.07) is 12.4. The average Bonchev–Trinajstić information content (AvgIpc) is 2.58. The maximum atomic E-state index is 5.51. The van der Waals surface area contributed by atoms with Crippen LogP contribution >= 0.6 is 15.9 Å². The molecule has 0 aliphatic heterocycles. The minimum absolute atomic E-state index is 0.213. The molecule has 1 unspecified atom stereocenters. The Bertz CT molecular complexity index is 661. The summed E-state index contributed by atoms with van der Waals surface area (Å²) in [7, 11) is 4.87. The van der Waals surface area contributed by atoms with Gasteiger partial charge in [0.1, 0.15) is 0 Å². The molecule has 1 N–H and O–H groups in total. The van der Waals surface area contributed by atoms with Crippen molar-refractivity contribution in [2.45, 2.75) is 19.5 Å². The van der Waals surface area contributed by atoms with Crippen LogP contribution in [-0.4, -0.2) is 21.3 Å². The molecule has 0 radical (unpaired) electrons. The topological polar surface area (TPSA) is 39.7 Å². The third-order valence-corrected chi connectivity index (χ3v) is 4.23. The second kappa shape index (κ2) is 8.22. The van der Waals surface area contributed by atoms with Crippen molar-refractivity contribution in [1.82, 2.24) is 5.32 Å². The predicted molar refractivity (Wildman–Crippen MR) is 95.5 cm³/mol. The van der Waals surface area contributed by atoms with Crippen molar-refractivity contribution >= 4 is 15.9 Å². The van der Waals surface area contributed by atoms with Crippen LogP contribution in [0.2, 0.25) is 0 Å². The number of halogens is 1. The molecule has 0 heterocycles. The van der Waals surface area contributed by atoms with Gasteiger partial charge >= 0.3 is 0 Å². The van der Waals surface area contributed by atoms with E-state index in [0.717, 1.165) is 10.0 Å².